The second kappa shape index (κ2) is 5.69. The van der Waals surface area contributed by atoms with Crippen LogP contribution in [0.1, 0.15) is 24.0 Å². The van der Waals surface area contributed by atoms with Crippen LogP contribution < -0.4 is 0 Å². The van der Waals surface area contributed by atoms with E-state index in [1.807, 2.05) is 31.2 Å². The molecule has 19 heavy (non-hydrogen) atoms. The Kier molecular flexibility index (Phi) is 4.00. The predicted octanol–water partition coefficient (Wildman–Crippen LogP) is 2.08. The Hall–Kier alpha value is -2.10. The molecule has 0 unspecified atom stereocenters. The lowest BCUT2D eigenvalue weighted by molar-refractivity contribution is -0.143. The van der Waals surface area contributed by atoms with Crippen molar-refractivity contribution in [3.63, 3.8) is 0 Å². The number of amides is 1. The molecule has 1 N–H and O–H groups in total. The lowest BCUT2D eigenvalue weighted by atomic mass is 10.1. The number of carbonyl (C=O) groups excluding carboxylic acids is 1. The minimum Gasteiger partial charge on any atom is -0.480 e. The van der Waals surface area contributed by atoms with Crippen molar-refractivity contribution in [1.82, 2.24) is 4.90 Å². The predicted molar refractivity (Wildman–Crippen MR) is 72.6 cm³/mol. The molecule has 0 bridgehead atoms. The molecule has 1 fully saturated rings. The third-order valence-electron chi connectivity index (χ3n) is 3.17. The van der Waals surface area contributed by atoms with E-state index in [2.05, 4.69) is 0 Å². The summed E-state index contributed by atoms with van der Waals surface area (Å²) in [5.41, 5.74) is 2.06. The first-order valence-corrected chi connectivity index (χ1v) is 6.34. The molecule has 0 aliphatic heterocycles. The summed E-state index contributed by atoms with van der Waals surface area (Å²) in [5, 5.41) is 8.82. The SMILES string of the molecule is Cc1ccccc1/C=C\C(=O)N(CC(=O)O)C1CC1. The van der Waals surface area contributed by atoms with Gasteiger partial charge in [-0.2, -0.15) is 0 Å². The molecule has 2 rings (SSSR count). The zero-order chi connectivity index (χ0) is 13.8. The molecular formula is C15H17NO3. The van der Waals surface area contributed by atoms with Gasteiger partial charge in [-0.25, -0.2) is 0 Å². The van der Waals surface area contributed by atoms with Gasteiger partial charge in [0, 0.05) is 12.1 Å². The highest BCUT2D eigenvalue weighted by atomic mass is 16.4. The van der Waals surface area contributed by atoms with E-state index in [9.17, 15) is 9.59 Å². The fourth-order valence-corrected chi connectivity index (χ4v) is 1.95. The minimum absolute atomic E-state index is 0.102. The van der Waals surface area contributed by atoms with Gasteiger partial charge in [0.1, 0.15) is 6.54 Å². The fourth-order valence-electron chi connectivity index (χ4n) is 1.95. The quantitative estimate of drug-likeness (QED) is 0.824. The maximum Gasteiger partial charge on any atom is 0.323 e. The van der Waals surface area contributed by atoms with Gasteiger partial charge in [-0.1, -0.05) is 24.3 Å². The monoisotopic (exact) mass is 259 g/mol. The Bertz CT molecular complexity index is 518. The van der Waals surface area contributed by atoms with Crippen LogP contribution in [0, 0.1) is 6.92 Å². The molecule has 1 aromatic carbocycles. The van der Waals surface area contributed by atoms with Gasteiger partial charge < -0.3 is 10.0 Å². The van der Waals surface area contributed by atoms with Crippen molar-refractivity contribution < 1.29 is 14.7 Å². The van der Waals surface area contributed by atoms with Crippen molar-refractivity contribution in [2.75, 3.05) is 6.54 Å². The molecular weight excluding hydrogens is 242 g/mol. The molecule has 1 amide bonds. The number of hydrogen-bond acceptors (Lipinski definition) is 2. The second-order valence-electron chi connectivity index (χ2n) is 4.78. The summed E-state index contributed by atoms with van der Waals surface area (Å²) < 4.78 is 0. The van der Waals surface area contributed by atoms with Gasteiger partial charge >= 0.3 is 5.97 Å². The van der Waals surface area contributed by atoms with Crippen LogP contribution in [0.15, 0.2) is 30.3 Å². The van der Waals surface area contributed by atoms with Crippen LogP contribution in [0.4, 0.5) is 0 Å². The maximum absolute atomic E-state index is 12.0. The Labute approximate surface area is 112 Å². The average molecular weight is 259 g/mol. The van der Waals surface area contributed by atoms with Crippen LogP contribution in [-0.2, 0) is 9.59 Å². The van der Waals surface area contributed by atoms with Crippen molar-refractivity contribution >= 4 is 18.0 Å². The summed E-state index contributed by atoms with van der Waals surface area (Å²) >= 11 is 0. The third kappa shape index (κ3) is 3.68. The molecule has 0 spiro atoms. The zero-order valence-corrected chi connectivity index (χ0v) is 10.9. The summed E-state index contributed by atoms with van der Waals surface area (Å²) in [6.07, 6.45) is 5.01. The standard InChI is InChI=1S/C15H17NO3/c1-11-4-2-3-5-12(11)6-9-14(17)16(10-15(18)19)13-7-8-13/h2-6,9,13H,7-8,10H2,1H3,(H,18,19)/b9-6-. The Morgan fingerprint density at radius 3 is 2.63 bits per heavy atom. The number of aliphatic carboxylic acids is 1. The summed E-state index contributed by atoms with van der Waals surface area (Å²) in [6.45, 7) is 1.75. The van der Waals surface area contributed by atoms with Gasteiger partial charge in [-0.15, -0.1) is 0 Å². The van der Waals surface area contributed by atoms with Crippen molar-refractivity contribution in [3.05, 3.63) is 41.5 Å². The van der Waals surface area contributed by atoms with E-state index in [0.717, 1.165) is 24.0 Å². The number of rotatable bonds is 5. The van der Waals surface area contributed by atoms with Gasteiger partial charge in [0.15, 0.2) is 0 Å². The Morgan fingerprint density at radius 1 is 1.37 bits per heavy atom. The first-order valence-electron chi connectivity index (χ1n) is 6.34. The third-order valence-corrected chi connectivity index (χ3v) is 3.17. The summed E-state index contributed by atoms with van der Waals surface area (Å²) in [7, 11) is 0. The summed E-state index contributed by atoms with van der Waals surface area (Å²) in [4.78, 5) is 24.2. The number of hydrogen-bond donors (Lipinski definition) is 1. The minimum atomic E-state index is -0.968. The van der Waals surface area contributed by atoms with E-state index in [0.29, 0.717) is 0 Å². The number of carboxylic acids is 1. The molecule has 1 aliphatic carbocycles. The summed E-state index contributed by atoms with van der Waals surface area (Å²) in [6, 6.07) is 7.85. The Morgan fingerprint density at radius 2 is 2.05 bits per heavy atom. The van der Waals surface area contributed by atoms with Crippen LogP contribution in [0.2, 0.25) is 0 Å². The molecule has 0 heterocycles. The van der Waals surface area contributed by atoms with Crippen LogP contribution >= 0.6 is 0 Å². The first-order chi connectivity index (χ1) is 9.08. The molecule has 0 atom stereocenters. The summed E-state index contributed by atoms with van der Waals surface area (Å²) in [5.74, 6) is -1.20. The molecule has 1 saturated carbocycles. The van der Waals surface area contributed by atoms with Gasteiger partial charge in [0.2, 0.25) is 5.91 Å². The van der Waals surface area contributed by atoms with Crippen LogP contribution in [0.25, 0.3) is 6.08 Å². The molecule has 4 nitrogen and oxygen atoms in total. The van der Waals surface area contributed by atoms with Gasteiger partial charge in [-0.3, -0.25) is 9.59 Å². The lowest BCUT2D eigenvalue weighted by Crippen LogP contribution is -2.36. The number of nitrogens with zero attached hydrogens (tertiary/aromatic N) is 1. The molecule has 4 heteroatoms. The van der Waals surface area contributed by atoms with Gasteiger partial charge in [0.25, 0.3) is 0 Å². The molecule has 100 valence electrons. The van der Waals surface area contributed by atoms with E-state index in [4.69, 9.17) is 5.11 Å². The fraction of sp³-hybridized carbons (Fsp3) is 0.333. The highest BCUT2D eigenvalue weighted by Gasteiger charge is 2.32. The first kappa shape index (κ1) is 13.3. The smallest absolute Gasteiger partial charge is 0.323 e. The molecule has 0 saturated heterocycles. The van der Waals surface area contributed by atoms with E-state index >= 15 is 0 Å². The zero-order valence-electron chi connectivity index (χ0n) is 10.9. The maximum atomic E-state index is 12.0. The molecule has 0 radical (unpaired) electrons. The van der Waals surface area contributed by atoms with E-state index in [1.54, 1.807) is 6.08 Å². The normalized spacial score (nSPS) is 14.6. The highest BCUT2D eigenvalue weighted by Crippen LogP contribution is 2.27. The van der Waals surface area contributed by atoms with E-state index in [1.165, 1.54) is 11.0 Å². The van der Waals surface area contributed by atoms with Gasteiger partial charge in [0.05, 0.1) is 0 Å². The van der Waals surface area contributed by atoms with Crippen molar-refractivity contribution in [3.8, 4) is 0 Å². The van der Waals surface area contributed by atoms with Crippen molar-refractivity contribution in [2.45, 2.75) is 25.8 Å². The number of carboxylic acid groups (broad SMARTS) is 1. The topological polar surface area (TPSA) is 57.6 Å². The Balaban J connectivity index is 2.06. The molecule has 1 aliphatic rings. The van der Waals surface area contributed by atoms with Crippen molar-refractivity contribution in [1.29, 1.82) is 0 Å². The average Bonchev–Trinajstić information content (AvgIpc) is 3.18. The lowest BCUT2D eigenvalue weighted by Gasteiger charge is -2.18. The van der Waals surface area contributed by atoms with Crippen LogP contribution in [0.3, 0.4) is 0 Å². The number of aryl methyl sites for hydroxylation is 1. The van der Waals surface area contributed by atoms with Gasteiger partial charge in [-0.05, 0) is 37.0 Å². The molecule has 1 aromatic rings. The number of carbonyl (C=O) groups is 2. The second-order valence-corrected chi connectivity index (χ2v) is 4.78. The van der Waals surface area contributed by atoms with Crippen LogP contribution in [-0.4, -0.2) is 34.5 Å². The number of benzene rings is 1. The molecule has 0 aromatic heterocycles. The van der Waals surface area contributed by atoms with Crippen LogP contribution in [0.5, 0.6) is 0 Å². The van der Waals surface area contributed by atoms with E-state index in [-0.39, 0.29) is 18.5 Å². The van der Waals surface area contributed by atoms with Crippen molar-refractivity contribution in [2.24, 2.45) is 0 Å². The van der Waals surface area contributed by atoms with E-state index < -0.39 is 5.97 Å². The largest absolute Gasteiger partial charge is 0.480 e. The highest BCUT2D eigenvalue weighted by molar-refractivity contribution is 5.94.